The quantitative estimate of drug-likeness (QED) is 0.514. The monoisotopic (exact) mass is 544 g/mol. The highest BCUT2D eigenvalue weighted by Gasteiger charge is 2.80. The minimum atomic E-state index is -2.09. The topological polar surface area (TPSA) is 123 Å². The fourth-order valence-electron chi connectivity index (χ4n) is 4.76. The molecule has 2 bridgehead atoms. The lowest BCUT2D eigenvalue weighted by molar-refractivity contribution is -0.288. The Labute approximate surface area is 208 Å². The van der Waals surface area contributed by atoms with Crippen molar-refractivity contribution in [2.75, 3.05) is 7.11 Å². The number of hydrogen-bond acceptors (Lipinski definition) is 7. The summed E-state index contributed by atoms with van der Waals surface area (Å²) in [6.07, 6.45) is -1.26. The predicted molar refractivity (Wildman–Crippen MR) is 122 cm³/mol. The van der Waals surface area contributed by atoms with Crippen molar-refractivity contribution in [2.45, 2.75) is 18.8 Å². The molecule has 4 unspecified atom stereocenters. The van der Waals surface area contributed by atoms with Gasteiger partial charge < -0.3 is 14.2 Å². The van der Waals surface area contributed by atoms with Crippen molar-refractivity contribution in [3.63, 3.8) is 0 Å². The first-order valence-corrected chi connectivity index (χ1v) is 11.2. The SMILES string of the molecule is COc1ccc(C2OC3(c4ccc(Cl)cc4Cl)OC(=N)C(C#N)(C3C)C2(C#N)C#N)cc1Br. The zero-order valence-electron chi connectivity index (χ0n) is 17.3. The smallest absolute Gasteiger partial charge is 0.245 e. The van der Waals surface area contributed by atoms with Crippen molar-refractivity contribution in [3.05, 3.63) is 62.0 Å². The number of nitriles is 3. The number of ether oxygens (including phenoxy) is 3. The second-order valence-electron chi connectivity index (χ2n) is 7.79. The maximum atomic E-state index is 10.4. The molecule has 0 aliphatic carbocycles. The van der Waals surface area contributed by atoms with E-state index in [2.05, 4.69) is 22.0 Å². The summed E-state index contributed by atoms with van der Waals surface area (Å²) in [5.41, 5.74) is -3.27. The molecule has 0 aromatic heterocycles. The number of rotatable bonds is 3. The van der Waals surface area contributed by atoms with Crippen molar-refractivity contribution in [3.8, 4) is 24.0 Å². The molecule has 7 nitrogen and oxygen atoms in total. The Hall–Kier alpha value is -2.80. The second-order valence-corrected chi connectivity index (χ2v) is 9.49. The number of fused-ring (bicyclic) bond motifs is 2. The molecule has 4 rings (SSSR count). The van der Waals surface area contributed by atoms with Crippen LogP contribution in [0.1, 0.15) is 24.2 Å². The summed E-state index contributed by atoms with van der Waals surface area (Å²) in [6.45, 7) is 1.61. The van der Waals surface area contributed by atoms with Gasteiger partial charge in [-0.15, -0.1) is 0 Å². The Balaban J connectivity index is 2.05. The highest BCUT2D eigenvalue weighted by atomic mass is 79.9. The van der Waals surface area contributed by atoms with Crippen LogP contribution in [0.4, 0.5) is 0 Å². The molecule has 0 spiro atoms. The Morgan fingerprint density at radius 1 is 1.09 bits per heavy atom. The molecule has 4 atom stereocenters. The van der Waals surface area contributed by atoms with E-state index in [1.54, 1.807) is 37.3 Å². The lowest BCUT2D eigenvalue weighted by Gasteiger charge is -2.49. The number of hydrogen-bond donors (Lipinski definition) is 1. The minimum absolute atomic E-state index is 0.201. The minimum Gasteiger partial charge on any atom is -0.496 e. The third-order valence-electron chi connectivity index (χ3n) is 6.45. The molecule has 2 fully saturated rings. The van der Waals surface area contributed by atoms with Gasteiger partial charge in [-0.2, -0.15) is 15.8 Å². The zero-order valence-corrected chi connectivity index (χ0v) is 20.4. The molecule has 2 saturated heterocycles. The van der Waals surface area contributed by atoms with Crippen LogP contribution in [0.25, 0.3) is 0 Å². The van der Waals surface area contributed by atoms with Crippen LogP contribution >= 0.6 is 39.1 Å². The Morgan fingerprint density at radius 3 is 2.33 bits per heavy atom. The summed E-state index contributed by atoms with van der Waals surface area (Å²) in [4.78, 5) is 0. The molecule has 0 saturated carbocycles. The number of nitrogens with one attached hydrogen (secondary N) is 1. The molecule has 10 heteroatoms. The van der Waals surface area contributed by atoms with Crippen molar-refractivity contribution < 1.29 is 14.2 Å². The molecule has 2 aliphatic heterocycles. The number of nitrogens with zero attached hydrogens (tertiary/aromatic N) is 3. The first kappa shape index (κ1) is 23.4. The van der Waals surface area contributed by atoms with E-state index in [1.165, 1.54) is 13.2 Å². The van der Waals surface area contributed by atoms with Crippen LogP contribution in [0.3, 0.4) is 0 Å². The van der Waals surface area contributed by atoms with Crippen LogP contribution in [-0.2, 0) is 15.3 Å². The van der Waals surface area contributed by atoms with E-state index in [-0.39, 0.29) is 5.02 Å². The first-order chi connectivity index (χ1) is 15.7. The fourth-order valence-corrected chi connectivity index (χ4v) is 5.86. The van der Waals surface area contributed by atoms with Gasteiger partial charge in [-0.05, 0) is 51.8 Å². The van der Waals surface area contributed by atoms with Gasteiger partial charge in [0.25, 0.3) is 0 Å². The number of halogens is 3. The summed E-state index contributed by atoms with van der Waals surface area (Å²) < 4.78 is 18.2. The molecule has 2 heterocycles. The van der Waals surface area contributed by atoms with Gasteiger partial charge in [0.2, 0.25) is 17.1 Å². The van der Waals surface area contributed by atoms with Crippen LogP contribution in [0.15, 0.2) is 40.9 Å². The molecule has 2 aliphatic rings. The molecule has 1 N–H and O–H groups in total. The van der Waals surface area contributed by atoms with E-state index in [9.17, 15) is 15.8 Å². The van der Waals surface area contributed by atoms with Crippen molar-refractivity contribution >= 4 is 45.0 Å². The van der Waals surface area contributed by atoms with Gasteiger partial charge in [-0.1, -0.05) is 36.2 Å². The van der Waals surface area contributed by atoms with Crippen LogP contribution in [0.2, 0.25) is 10.0 Å². The third-order valence-corrected chi connectivity index (χ3v) is 7.62. The molecule has 2 aromatic rings. The van der Waals surface area contributed by atoms with Gasteiger partial charge in [-0.25, -0.2) is 0 Å². The zero-order chi connectivity index (χ0) is 24.2. The van der Waals surface area contributed by atoms with Gasteiger partial charge in [0, 0.05) is 10.6 Å². The van der Waals surface area contributed by atoms with Crippen molar-refractivity contribution in [1.82, 2.24) is 0 Å². The van der Waals surface area contributed by atoms with E-state index >= 15 is 0 Å². The Bertz CT molecular complexity index is 1300. The highest BCUT2D eigenvalue weighted by Crippen LogP contribution is 2.69. The van der Waals surface area contributed by atoms with Crippen LogP contribution in [-0.4, -0.2) is 13.0 Å². The maximum Gasteiger partial charge on any atom is 0.245 e. The van der Waals surface area contributed by atoms with Crippen molar-refractivity contribution in [1.29, 1.82) is 21.2 Å². The van der Waals surface area contributed by atoms with Crippen LogP contribution in [0.5, 0.6) is 5.75 Å². The summed E-state index contributed by atoms with van der Waals surface area (Å²) in [6, 6.07) is 15.7. The van der Waals surface area contributed by atoms with Crippen molar-refractivity contribution in [2.24, 2.45) is 16.7 Å². The third kappa shape index (κ3) is 2.84. The lowest BCUT2D eigenvalue weighted by atomic mass is 9.53. The van der Waals surface area contributed by atoms with Gasteiger partial charge in [0.15, 0.2) is 5.41 Å². The molecule has 0 amide bonds. The normalized spacial score (nSPS) is 29.3. The van der Waals surface area contributed by atoms with Crippen LogP contribution in [0, 0.1) is 56.2 Å². The van der Waals surface area contributed by atoms with E-state index < -0.39 is 34.5 Å². The van der Waals surface area contributed by atoms with E-state index in [4.69, 9.17) is 42.8 Å². The Morgan fingerprint density at radius 2 is 1.79 bits per heavy atom. The van der Waals surface area contributed by atoms with Gasteiger partial charge >= 0.3 is 0 Å². The highest BCUT2D eigenvalue weighted by molar-refractivity contribution is 9.10. The summed E-state index contributed by atoms with van der Waals surface area (Å²) in [5, 5.41) is 40.2. The fraction of sp³-hybridized carbons (Fsp3) is 0.304. The van der Waals surface area contributed by atoms with Gasteiger partial charge in [-0.3, -0.25) is 5.41 Å². The molecular weight excluding hydrogens is 531 g/mol. The van der Waals surface area contributed by atoms with Crippen LogP contribution < -0.4 is 4.74 Å². The first-order valence-electron chi connectivity index (χ1n) is 9.66. The molecule has 33 heavy (non-hydrogen) atoms. The standard InChI is InChI=1S/C23H15BrCl2N4O3/c1-12-22(11-29)20(30)33-23(12,15-5-4-14(25)8-17(15)26)32-19(21(22,9-27)10-28)13-3-6-18(31-2)16(24)7-13/h3-8,12,19,30H,1-2H3. The summed E-state index contributed by atoms with van der Waals surface area (Å²) >= 11 is 16.0. The lowest BCUT2D eigenvalue weighted by Crippen LogP contribution is -2.57. The second kappa shape index (κ2) is 7.90. The summed E-state index contributed by atoms with van der Waals surface area (Å²) in [5.74, 6) is -2.64. The van der Waals surface area contributed by atoms with E-state index in [0.717, 1.165) is 0 Å². The summed E-state index contributed by atoms with van der Waals surface area (Å²) in [7, 11) is 1.50. The average molecular weight is 546 g/mol. The molecular formula is C23H15BrCl2N4O3. The average Bonchev–Trinajstić information content (AvgIpc) is 2.95. The largest absolute Gasteiger partial charge is 0.496 e. The maximum absolute atomic E-state index is 10.4. The molecule has 166 valence electrons. The molecule has 2 aromatic carbocycles. The van der Waals surface area contributed by atoms with Gasteiger partial charge in [0.1, 0.15) is 11.9 Å². The number of methoxy groups -OCH3 is 1. The van der Waals surface area contributed by atoms with Gasteiger partial charge in [0.05, 0.1) is 40.7 Å². The van der Waals surface area contributed by atoms with E-state index in [1.807, 2.05) is 12.1 Å². The number of benzene rings is 2. The van der Waals surface area contributed by atoms with E-state index in [0.29, 0.717) is 26.4 Å². The predicted octanol–water partition coefficient (Wildman–Crippen LogP) is 5.88. The Kier molecular flexibility index (Phi) is 5.60. The molecule has 0 radical (unpaired) electrons.